The Morgan fingerprint density at radius 2 is 2.13 bits per heavy atom. The second kappa shape index (κ2) is 9.11. The maximum Gasteiger partial charge on any atom is 0.413 e. The Balaban J connectivity index is 1.85. The zero-order valence-electron chi connectivity index (χ0n) is 17.5. The third kappa shape index (κ3) is 6.08. The largest absolute Gasteiger partial charge is 0.467 e. The molecule has 3 heterocycles. The Morgan fingerprint density at radius 3 is 2.74 bits per heavy atom. The standard InChI is InChI=1S/C20H23ClN4O5S/c1-11(22-18(26)30-20(2,3)4)8-13-9-14-15(31-13)16(24-17(21)23-14)25(19(27)28)10-12-6-5-7-29-12/h5-7,9,11H,8,10H2,1-4H3,(H,22,26)(H,27,28). The van der Waals surface area contributed by atoms with Gasteiger partial charge >= 0.3 is 12.2 Å². The van der Waals surface area contributed by atoms with Crippen molar-refractivity contribution in [2.75, 3.05) is 4.90 Å². The van der Waals surface area contributed by atoms with E-state index in [9.17, 15) is 14.7 Å². The summed E-state index contributed by atoms with van der Waals surface area (Å²) in [6.07, 6.45) is 0.283. The Bertz CT molecular complexity index is 1080. The number of furan rings is 1. The minimum Gasteiger partial charge on any atom is -0.467 e. The average molecular weight is 467 g/mol. The van der Waals surface area contributed by atoms with Crippen LogP contribution in [0.25, 0.3) is 10.2 Å². The average Bonchev–Trinajstić information content (AvgIpc) is 3.25. The summed E-state index contributed by atoms with van der Waals surface area (Å²) in [6.45, 7) is 7.22. The molecule has 9 nitrogen and oxygen atoms in total. The number of carbonyl (C=O) groups is 2. The first-order valence-corrected chi connectivity index (χ1v) is 10.7. The lowest BCUT2D eigenvalue weighted by molar-refractivity contribution is 0.0508. The van der Waals surface area contributed by atoms with Gasteiger partial charge < -0.3 is 19.6 Å². The van der Waals surface area contributed by atoms with Crippen molar-refractivity contribution in [1.29, 1.82) is 0 Å². The molecule has 3 aromatic heterocycles. The summed E-state index contributed by atoms with van der Waals surface area (Å²) < 4.78 is 11.1. The highest BCUT2D eigenvalue weighted by molar-refractivity contribution is 7.19. The lowest BCUT2D eigenvalue weighted by Crippen LogP contribution is -2.38. The number of amides is 2. The van der Waals surface area contributed by atoms with Gasteiger partial charge in [0.05, 0.1) is 23.0 Å². The maximum absolute atomic E-state index is 12.0. The van der Waals surface area contributed by atoms with Gasteiger partial charge in [-0.05, 0) is 57.5 Å². The summed E-state index contributed by atoms with van der Waals surface area (Å²) in [5, 5.41) is 12.5. The van der Waals surface area contributed by atoms with Gasteiger partial charge in [0.25, 0.3) is 0 Å². The molecule has 1 unspecified atom stereocenters. The number of thiophene rings is 1. The smallest absolute Gasteiger partial charge is 0.413 e. The zero-order valence-corrected chi connectivity index (χ0v) is 19.1. The number of carbonyl (C=O) groups excluding carboxylic acids is 1. The van der Waals surface area contributed by atoms with E-state index >= 15 is 0 Å². The summed E-state index contributed by atoms with van der Waals surface area (Å²) in [4.78, 5) is 34.3. The van der Waals surface area contributed by atoms with E-state index in [1.165, 1.54) is 17.6 Å². The molecule has 0 fully saturated rings. The molecule has 31 heavy (non-hydrogen) atoms. The van der Waals surface area contributed by atoms with Crippen LogP contribution in [0.5, 0.6) is 0 Å². The molecule has 0 aliphatic rings. The van der Waals surface area contributed by atoms with E-state index in [1.54, 1.807) is 32.9 Å². The molecule has 0 saturated carbocycles. The van der Waals surface area contributed by atoms with Crippen LogP contribution in [0.15, 0.2) is 28.9 Å². The van der Waals surface area contributed by atoms with E-state index in [-0.39, 0.29) is 23.7 Å². The van der Waals surface area contributed by atoms with Crippen LogP contribution < -0.4 is 10.2 Å². The molecular weight excluding hydrogens is 444 g/mol. The van der Waals surface area contributed by atoms with Crippen molar-refractivity contribution in [3.63, 3.8) is 0 Å². The molecule has 0 radical (unpaired) electrons. The van der Waals surface area contributed by atoms with Crippen molar-refractivity contribution in [3.8, 4) is 0 Å². The summed E-state index contributed by atoms with van der Waals surface area (Å²) in [5.74, 6) is 0.653. The Hall–Kier alpha value is -2.85. The Kier molecular flexibility index (Phi) is 6.71. The fourth-order valence-electron chi connectivity index (χ4n) is 2.87. The minimum atomic E-state index is -1.19. The highest BCUT2D eigenvalue weighted by Gasteiger charge is 2.24. The van der Waals surface area contributed by atoms with E-state index in [1.807, 2.05) is 13.0 Å². The number of nitrogens with zero attached hydrogens (tertiary/aromatic N) is 3. The Morgan fingerprint density at radius 1 is 1.39 bits per heavy atom. The van der Waals surface area contributed by atoms with E-state index in [0.29, 0.717) is 22.4 Å². The van der Waals surface area contributed by atoms with Crippen molar-refractivity contribution >= 4 is 51.2 Å². The lowest BCUT2D eigenvalue weighted by Gasteiger charge is -2.21. The third-order valence-electron chi connectivity index (χ3n) is 4.03. The fourth-order valence-corrected chi connectivity index (χ4v) is 4.27. The van der Waals surface area contributed by atoms with Crippen LogP contribution in [0.2, 0.25) is 5.28 Å². The second-order valence-corrected chi connectivity index (χ2v) is 9.42. The number of halogens is 1. The van der Waals surface area contributed by atoms with E-state index in [0.717, 1.165) is 9.78 Å². The van der Waals surface area contributed by atoms with Crippen LogP contribution in [0.4, 0.5) is 15.4 Å². The SMILES string of the molecule is CC(Cc1cc2nc(Cl)nc(N(Cc3ccco3)C(=O)O)c2s1)NC(=O)OC(C)(C)C. The fraction of sp³-hybridized carbons (Fsp3) is 0.400. The summed E-state index contributed by atoms with van der Waals surface area (Å²) in [6, 6.07) is 4.96. The number of hydrogen-bond donors (Lipinski definition) is 2. The van der Waals surface area contributed by atoms with Gasteiger partial charge in [0.2, 0.25) is 5.28 Å². The summed E-state index contributed by atoms with van der Waals surface area (Å²) in [5.41, 5.74) is -0.0538. The number of ether oxygens (including phenoxy) is 1. The lowest BCUT2D eigenvalue weighted by atomic mass is 10.2. The van der Waals surface area contributed by atoms with Gasteiger partial charge in [-0.15, -0.1) is 11.3 Å². The monoisotopic (exact) mass is 466 g/mol. The van der Waals surface area contributed by atoms with Crippen molar-refractivity contribution < 1.29 is 23.8 Å². The first-order chi connectivity index (χ1) is 14.5. The Labute approximate surface area is 188 Å². The van der Waals surface area contributed by atoms with Crippen LogP contribution in [-0.2, 0) is 17.7 Å². The van der Waals surface area contributed by atoms with Crippen LogP contribution in [-0.4, -0.2) is 38.9 Å². The molecule has 0 aliphatic heterocycles. The van der Waals surface area contributed by atoms with E-state index in [4.69, 9.17) is 20.8 Å². The molecule has 0 spiro atoms. The first kappa shape index (κ1) is 22.8. The zero-order chi connectivity index (χ0) is 22.8. The third-order valence-corrected chi connectivity index (χ3v) is 5.34. The predicted octanol–water partition coefficient (Wildman–Crippen LogP) is 5.08. The molecule has 3 aromatic rings. The van der Waals surface area contributed by atoms with Crippen molar-refractivity contribution in [2.45, 2.75) is 52.3 Å². The maximum atomic E-state index is 12.0. The van der Waals surface area contributed by atoms with Gasteiger partial charge in [-0.1, -0.05) is 0 Å². The number of carboxylic acid groups (broad SMARTS) is 1. The molecular formula is C20H23ClN4O5S. The molecule has 1 atom stereocenters. The van der Waals surface area contributed by atoms with Gasteiger partial charge in [0.15, 0.2) is 5.82 Å². The van der Waals surface area contributed by atoms with Gasteiger partial charge in [-0.25, -0.2) is 14.6 Å². The molecule has 0 saturated heterocycles. The number of hydrogen-bond acceptors (Lipinski definition) is 7. The quantitative estimate of drug-likeness (QED) is 0.486. The van der Waals surface area contributed by atoms with Crippen molar-refractivity contribution in [3.05, 3.63) is 40.4 Å². The molecule has 0 aromatic carbocycles. The molecule has 166 valence electrons. The highest BCUT2D eigenvalue weighted by atomic mass is 35.5. The molecule has 3 rings (SSSR count). The van der Waals surface area contributed by atoms with Gasteiger partial charge in [0, 0.05) is 17.3 Å². The minimum absolute atomic E-state index is 0.0192. The van der Waals surface area contributed by atoms with Gasteiger partial charge in [0.1, 0.15) is 11.4 Å². The summed E-state index contributed by atoms with van der Waals surface area (Å²) in [7, 11) is 0. The van der Waals surface area contributed by atoms with Gasteiger partial charge in [-0.3, -0.25) is 4.90 Å². The second-order valence-electron chi connectivity index (χ2n) is 7.94. The molecule has 0 bridgehead atoms. The van der Waals surface area contributed by atoms with Crippen LogP contribution in [0.1, 0.15) is 38.3 Å². The molecule has 0 aliphatic carbocycles. The highest BCUT2D eigenvalue weighted by Crippen LogP contribution is 2.34. The number of alkyl carbamates (subject to hydrolysis) is 1. The van der Waals surface area contributed by atoms with E-state index in [2.05, 4.69) is 15.3 Å². The van der Waals surface area contributed by atoms with Crippen molar-refractivity contribution in [2.24, 2.45) is 0 Å². The molecule has 2 N–H and O–H groups in total. The van der Waals surface area contributed by atoms with Gasteiger partial charge in [-0.2, -0.15) is 4.98 Å². The van der Waals surface area contributed by atoms with E-state index < -0.39 is 17.8 Å². The number of anilines is 1. The number of nitrogens with one attached hydrogen (secondary N) is 1. The first-order valence-electron chi connectivity index (χ1n) is 9.50. The topological polar surface area (TPSA) is 118 Å². The van der Waals surface area contributed by atoms with Crippen LogP contribution in [0, 0.1) is 0 Å². The number of rotatable bonds is 6. The molecule has 11 heteroatoms. The summed E-state index contributed by atoms with van der Waals surface area (Å²) >= 11 is 7.41. The molecule has 2 amide bonds. The number of aromatic nitrogens is 2. The number of fused-ring (bicyclic) bond motifs is 1. The predicted molar refractivity (Wildman–Crippen MR) is 118 cm³/mol. The van der Waals surface area contributed by atoms with Crippen LogP contribution in [0.3, 0.4) is 0 Å². The van der Waals surface area contributed by atoms with Crippen molar-refractivity contribution in [1.82, 2.24) is 15.3 Å². The van der Waals surface area contributed by atoms with Crippen LogP contribution >= 0.6 is 22.9 Å². The normalized spacial score (nSPS) is 12.5.